The molecule has 0 bridgehead atoms. The highest BCUT2D eigenvalue weighted by atomic mass is 32.2. The summed E-state index contributed by atoms with van der Waals surface area (Å²) in [5.74, 6) is 0.850. The summed E-state index contributed by atoms with van der Waals surface area (Å²) in [6.45, 7) is 3.53. The van der Waals surface area contributed by atoms with Gasteiger partial charge in [-0.15, -0.1) is 21.5 Å². The minimum Gasteiger partial charge on any atom is -0.326 e. The molecule has 2 N–H and O–H groups in total. The van der Waals surface area contributed by atoms with Gasteiger partial charge in [0.2, 0.25) is 11.8 Å². The normalized spacial score (nSPS) is 13.3. The van der Waals surface area contributed by atoms with Crippen molar-refractivity contribution < 1.29 is 9.59 Å². The van der Waals surface area contributed by atoms with Crippen LogP contribution < -0.4 is 10.6 Å². The van der Waals surface area contributed by atoms with Gasteiger partial charge < -0.3 is 10.6 Å². The predicted molar refractivity (Wildman–Crippen MR) is 132 cm³/mol. The maximum Gasteiger partial charge on any atom is 0.234 e. The van der Waals surface area contributed by atoms with Crippen LogP contribution in [0.15, 0.2) is 29.4 Å². The third kappa shape index (κ3) is 4.32. The van der Waals surface area contributed by atoms with Gasteiger partial charge in [0.1, 0.15) is 10.7 Å². The highest BCUT2D eigenvalue weighted by molar-refractivity contribution is 7.99. The average Bonchev–Trinajstić information content (AvgIpc) is 3.39. The molecular formula is C23H24N6O2S2. The van der Waals surface area contributed by atoms with Crippen molar-refractivity contribution >= 4 is 62.2 Å². The fraction of sp³-hybridized carbons (Fsp3) is 0.348. The number of hydrogen-bond donors (Lipinski definition) is 2. The van der Waals surface area contributed by atoms with E-state index in [1.54, 1.807) is 35.6 Å². The standard InChI is InChI=1S/C23H24N6O2S2/c1-3-18-26-22-20(16-6-4-5-7-17(16)33-22)21-27-28-23(29(18)21)32-12-19(31)25-15-10-8-14(9-11-15)24-13(2)30/h8-11H,3-7,12H2,1-2H3,(H,24,30)(H,25,31). The number of thiophene rings is 1. The minimum atomic E-state index is -0.135. The van der Waals surface area contributed by atoms with E-state index in [2.05, 4.69) is 27.8 Å². The molecule has 3 aromatic heterocycles. The number of thioether (sulfide) groups is 1. The van der Waals surface area contributed by atoms with E-state index in [1.165, 1.54) is 42.0 Å². The van der Waals surface area contributed by atoms with Crippen molar-refractivity contribution in [2.45, 2.75) is 51.1 Å². The summed E-state index contributed by atoms with van der Waals surface area (Å²) >= 11 is 3.15. The number of hydrogen-bond acceptors (Lipinski definition) is 7. The molecule has 170 valence electrons. The van der Waals surface area contributed by atoms with E-state index in [-0.39, 0.29) is 17.6 Å². The van der Waals surface area contributed by atoms with Gasteiger partial charge in [0.25, 0.3) is 0 Å². The van der Waals surface area contributed by atoms with Crippen molar-refractivity contribution in [2.75, 3.05) is 16.4 Å². The molecule has 0 saturated heterocycles. The largest absolute Gasteiger partial charge is 0.326 e. The third-order valence-electron chi connectivity index (χ3n) is 5.64. The van der Waals surface area contributed by atoms with E-state index in [9.17, 15) is 9.59 Å². The molecule has 2 amide bonds. The number of nitrogens with one attached hydrogen (secondary N) is 2. The van der Waals surface area contributed by atoms with Crippen molar-refractivity contribution in [1.29, 1.82) is 0 Å². The third-order valence-corrected chi connectivity index (χ3v) is 7.75. The number of anilines is 2. The van der Waals surface area contributed by atoms with E-state index in [0.29, 0.717) is 16.5 Å². The van der Waals surface area contributed by atoms with Gasteiger partial charge in [-0.2, -0.15) is 0 Å². The predicted octanol–water partition coefficient (Wildman–Crippen LogP) is 4.47. The number of amides is 2. The molecule has 33 heavy (non-hydrogen) atoms. The zero-order chi connectivity index (χ0) is 22.9. The molecule has 10 heteroatoms. The zero-order valence-corrected chi connectivity index (χ0v) is 20.1. The van der Waals surface area contributed by atoms with Crippen LogP contribution in [0.5, 0.6) is 0 Å². The molecule has 0 radical (unpaired) electrons. The minimum absolute atomic E-state index is 0.134. The molecule has 0 spiro atoms. The highest BCUT2D eigenvalue weighted by Crippen LogP contribution is 2.38. The first-order chi connectivity index (χ1) is 16.0. The molecule has 1 aliphatic rings. The lowest BCUT2D eigenvalue weighted by Gasteiger charge is -2.11. The number of carbonyl (C=O) groups excluding carboxylic acids is 2. The molecule has 0 aliphatic heterocycles. The maximum absolute atomic E-state index is 12.6. The number of fused-ring (bicyclic) bond motifs is 5. The van der Waals surface area contributed by atoms with Crippen LogP contribution in [0, 0.1) is 0 Å². The van der Waals surface area contributed by atoms with E-state index in [1.807, 2.05) is 4.40 Å². The Labute approximate surface area is 199 Å². The monoisotopic (exact) mass is 480 g/mol. The second kappa shape index (κ2) is 9.11. The molecule has 1 aliphatic carbocycles. The van der Waals surface area contributed by atoms with Gasteiger partial charge in [-0.3, -0.25) is 14.0 Å². The van der Waals surface area contributed by atoms with Crippen molar-refractivity contribution in [3.63, 3.8) is 0 Å². The maximum atomic E-state index is 12.6. The van der Waals surface area contributed by atoms with Crippen LogP contribution in [0.3, 0.4) is 0 Å². The Balaban J connectivity index is 1.36. The van der Waals surface area contributed by atoms with Gasteiger partial charge in [-0.05, 0) is 55.5 Å². The first-order valence-corrected chi connectivity index (χ1v) is 12.8. The molecule has 4 aromatic rings. The fourth-order valence-electron chi connectivity index (χ4n) is 4.19. The lowest BCUT2D eigenvalue weighted by atomic mass is 9.97. The molecule has 1 aromatic carbocycles. The SMILES string of the molecule is CCc1nc2sc3c(c2c2nnc(SCC(=O)Nc4ccc(NC(C)=O)cc4)n12)CCCC3. The van der Waals surface area contributed by atoms with Gasteiger partial charge in [0, 0.05) is 29.6 Å². The summed E-state index contributed by atoms with van der Waals surface area (Å²) < 4.78 is 2.02. The van der Waals surface area contributed by atoms with E-state index in [0.717, 1.165) is 41.0 Å². The van der Waals surface area contributed by atoms with Crippen LogP contribution in [0.2, 0.25) is 0 Å². The number of aromatic nitrogens is 4. The molecule has 3 heterocycles. The van der Waals surface area contributed by atoms with Crippen LogP contribution in [0.4, 0.5) is 11.4 Å². The summed E-state index contributed by atoms with van der Waals surface area (Å²) in [6, 6.07) is 7.02. The number of rotatable bonds is 6. The van der Waals surface area contributed by atoms with E-state index in [4.69, 9.17) is 4.98 Å². The van der Waals surface area contributed by atoms with Gasteiger partial charge in [-0.25, -0.2) is 4.98 Å². The number of nitrogens with zero attached hydrogens (tertiary/aromatic N) is 4. The Morgan fingerprint density at radius 1 is 1.09 bits per heavy atom. The smallest absolute Gasteiger partial charge is 0.234 e. The Morgan fingerprint density at radius 3 is 2.55 bits per heavy atom. The quantitative estimate of drug-likeness (QED) is 0.395. The van der Waals surface area contributed by atoms with E-state index < -0.39 is 0 Å². The Bertz CT molecular complexity index is 1360. The van der Waals surface area contributed by atoms with Crippen LogP contribution in [-0.4, -0.2) is 37.1 Å². The molecule has 0 saturated carbocycles. The van der Waals surface area contributed by atoms with Crippen molar-refractivity contribution in [1.82, 2.24) is 19.6 Å². The van der Waals surface area contributed by atoms with Crippen LogP contribution >= 0.6 is 23.1 Å². The summed E-state index contributed by atoms with van der Waals surface area (Å²) in [5, 5.41) is 16.4. The van der Waals surface area contributed by atoms with Crippen molar-refractivity contribution in [3.8, 4) is 0 Å². The number of benzene rings is 1. The molecule has 0 fully saturated rings. The Hall–Kier alpha value is -2.98. The van der Waals surface area contributed by atoms with Crippen molar-refractivity contribution in [2.24, 2.45) is 0 Å². The fourth-order valence-corrected chi connectivity index (χ4v) is 6.22. The van der Waals surface area contributed by atoms with Crippen molar-refractivity contribution in [3.05, 3.63) is 40.5 Å². The molecule has 5 rings (SSSR count). The zero-order valence-electron chi connectivity index (χ0n) is 18.5. The molecule has 8 nitrogen and oxygen atoms in total. The highest BCUT2D eigenvalue weighted by Gasteiger charge is 2.23. The summed E-state index contributed by atoms with van der Waals surface area (Å²) in [6.07, 6.45) is 5.37. The summed E-state index contributed by atoms with van der Waals surface area (Å²) in [4.78, 5) is 31.1. The van der Waals surface area contributed by atoms with Crippen LogP contribution in [0.25, 0.3) is 15.9 Å². The topological polar surface area (TPSA) is 101 Å². The van der Waals surface area contributed by atoms with Gasteiger partial charge in [0.15, 0.2) is 10.8 Å². The Kier molecular flexibility index (Phi) is 6.03. The molecule has 0 atom stereocenters. The second-order valence-electron chi connectivity index (χ2n) is 8.01. The Morgan fingerprint density at radius 2 is 1.82 bits per heavy atom. The lowest BCUT2D eigenvalue weighted by Crippen LogP contribution is -2.14. The van der Waals surface area contributed by atoms with Crippen LogP contribution in [0.1, 0.15) is 43.0 Å². The number of carbonyl (C=O) groups is 2. The van der Waals surface area contributed by atoms with Crippen LogP contribution in [-0.2, 0) is 28.9 Å². The summed E-state index contributed by atoms with van der Waals surface area (Å²) in [7, 11) is 0. The molecular weight excluding hydrogens is 456 g/mol. The lowest BCUT2D eigenvalue weighted by molar-refractivity contribution is -0.114. The molecule has 0 unspecified atom stereocenters. The van der Waals surface area contributed by atoms with Gasteiger partial charge >= 0.3 is 0 Å². The van der Waals surface area contributed by atoms with Gasteiger partial charge in [-0.1, -0.05) is 18.7 Å². The first kappa shape index (κ1) is 21.8. The van der Waals surface area contributed by atoms with E-state index >= 15 is 0 Å². The number of aryl methyl sites for hydroxylation is 3. The average molecular weight is 481 g/mol. The second-order valence-corrected chi connectivity index (χ2v) is 10.0. The summed E-state index contributed by atoms with van der Waals surface area (Å²) in [5.41, 5.74) is 3.59. The first-order valence-electron chi connectivity index (χ1n) is 11.0. The van der Waals surface area contributed by atoms with Gasteiger partial charge in [0.05, 0.1) is 11.1 Å².